The van der Waals surface area contributed by atoms with Gasteiger partial charge in [0.2, 0.25) is 0 Å². The van der Waals surface area contributed by atoms with Gasteiger partial charge in [0, 0.05) is 5.56 Å². The van der Waals surface area contributed by atoms with E-state index >= 15 is 0 Å². The van der Waals surface area contributed by atoms with E-state index in [1.54, 1.807) is 43.3 Å². The van der Waals surface area contributed by atoms with Crippen molar-refractivity contribution in [1.82, 2.24) is 0 Å². The first-order valence-corrected chi connectivity index (χ1v) is 13.4. The highest BCUT2D eigenvalue weighted by molar-refractivity contribution is 7.92. The molecule has 0 bridgehead atoms. The summed E-state index contributed by atoms with van der Waals surface area (Å²) >= 11 is 0. The molecule has 0 aliphatic heterocycles. The Morgan fingerprint density at radius 1 is 0.844 bits per heavy atom. The van der Waals surface area contributed by atoms with Crippen LogP contribution in [0.2, 0.25) is 0 Å². The largest absolute Gasteiger partial charge is 0.411 e. The van der Waals surface area contributed by atoms with E-state index in [1.165, 1.54) is 51.4 Å². The molecule has 176 valence electrons. The first-order valence-electron chi connectivity index (χ1n) is 11.9. The second kappa shape index (κ2) is 13.9. The zero-order valence-electron chi connectivity index (χ0n) is 19.5. The van der Waals surface area contributed by atoms with E-state index in [0.717, 1.165) is 24.8 Å². The summed E-state index contributed by atoms with van der Waals surface area (Å²) in [7, 11) is -3.76. The van der Waals surface area contributed by atoms with Gasteiger partial charge in [-0.25, -0.2) is 8.42 Å². The fourth-order valence-electron chi connectivity index (χ4n) is 3.92. The normalized spacial score (nSPS) is 12.1. The topological polar surface area (TPSA) is 78.8 Å². The third kappa shape index (κ3) is 8.30. The van der Waals surface area contributed by atoms with E-state index in [4.69, 9.17) is 5.21 Å². The van der Waals surface area contributed by atoms with Gasteiger partial charge in [-0.15, -0.1) is 0 Å². The van der Waals surface area contributed by atoms with Gasteiger partial charge in [-0.3, -0.25) is 4.72 Å². The van der Waals surface area contributed by atoms with Crippen LogP contribution in [0, 0.1) is 0 Å². The maximum absolute atomic E-state index is 13.2. The summed E-state index contributed by atoms with van der Waals surface area (Å²) in [5.74, 6) is 0. The van der Waals surface area contributed by atoms with Crippen LogP contribution < -0.4 is 4.72 Å². The number of para-hydroxylation sites is 1. The fraction of sp³-hybridized carbons (Fsp3) is 0.500. The molecule has 0 aromatic heterocycles. The van der Waals surface area contributed by atoms with E-state index in [0.29, 0.717) is 21.9 Å². The van der Waals surface area contributed by atoms with Crippen molar-refractivity contribution in [3.05, 3.63) is 59.7 Å². The van der Waals surface area contributed by atoms with Crippen LogP contribution in [-0.4, -0.2) is 19.3 Å². The first kappa shape index (κ1) is 25.9. The van der Waals surface area contributed by atoms with Gasteiger partial charge in [0.1, 0.15) is 0 Å². The van der Waals surface area contributed by atoms with Crippen LogP contribution in [0.3, 0.4) is 0 Å². The summed E-state index contributed by atoms with van der Waals surface area (Å²) < 4.78 is 29.0. The zero-order valence-corrected chi connectivity index (χ0v) is 20.3. The van der Waals surface area contributed by atoms with Gasteiger partial charge in [-0.1, -0.05) is 106 Å². The lowest BCUT2D eigenvalue weighted by atomic mass is 10.0. The minimum Gasteiger partial charge on any atom is -0.411 e. The summed E-state index contributed by atoms with van der Waals surface area (Å²) in [6.07, 6.45) is 13.3. The average Bonchev–Trinajstić information content (AvgIpc) is 2.80. The molecule has 0 unspecified atom stereocenters. The molecule has 0 radical (unpaired) electrons. The molecule has 0 spiro atoms. The summed E-state index contributed by atoms with van der Waals surface area (Å²) in [5.41, 5.74) is 2.13. The number of benzene rings is 2. The summed E-state index contributed by atoms with van der Waals surface area (Å²) in [5, 5.41) is 12.3. The predicted octanol–water partition coefficient (Wildman–Crippen LogP) is 7.15. The van der Waals surface area contributed by atoms with Gasteiger partial charge in [0.25, 0.3) is 10.0 Å². The zero-order chi connectivity index (χ0) is 23.2. The van der Waals surface area contributed by atoms with E-state index < -0.39 is 10.0 Å². The van der Waals surface area contributed by atoms with Gasteiger partial charge in [0.05, 0.1) is 16.3 Å². The molecule has 5 nitrogen and oxygen atoms in total. The molecule has 0 amide bonds. The molecule has 32 heavy (non-hydrogen) atoms. The number of sulfonamides is 1. The Bertz CT molecular complexity index is 955. The lowest BCUT2D eigenvalue weighted by Crippen LogP contribution is -2.17. The number of nitrogens with zero attached hydrogens (tertiary/aromatic N) is 1. The van der Waals surface area contributed by atoms with Crippen molar-refractivity contribution in [2.24, 2.45) is 5.16 Å². The summed E-state index contributed by atoms with van der Waals surface area (Å²) in [6.45, 7) is 3.87. The van der Waals surface area contributed by atoms with Crippen molar-refractivity contribution in [1.29, 1.82) is 0 Å². The fourth-order valence-corrected chi connectivity index (χ4v) is 5.27. The lowest BCUT2D eigenvalue weighted by Gasteiger charge is -2.14. The molecular weight excluding hydrogens is 420 g/mol. The van der Waals surface area contributed by atoms with Crippen LogP contribution in [0.1, 0.15) is 89.2 Å². The van der Waals surface area contributed by atoms with E-state index in [1.807, 2.05) is 12.1 Å². The number of hydrogen-bond acceptors (Lipinski definition) is 4. The smallest absolute Gasteiger partial charge is 0.262 e. The molecule has 0 aliphatic carbocycles. The van der Waals surface area contributed by atoms with Gasteiger partial charge in [-0.2, -0.15) is 0 Å². The molecule has 0 saturated heterocycles. The van der Waals surface area contributed by atoms with Gasteiger partial charge in [0.15, 0.2) is 0 Å². The molecule has 6 heteroatoms. The van der Waals surface area contributed by atoms with Crippen molar-refractivity contribution >= 4 is 21.4 Å². The number of aryl methyl sites for hydroxylation is 1. The Kier molecular flexibility index (Phi) is 11.3. The number of rotatable bonds is 15. The van der Waals surface area contributed by atoms with Crippen molar-refractivity contribution in [2.45, 2.75) is 89.4 Å². The molecule has 0 fully saturated rings. The molecule has 2 aromatic rings. The lowest BCUT2D eigenvalue weighted by molar-refractivity contribution is 0.319. The Morgan fingerprint density at radius 3 is 2.06 bits per heavy atom. The highest BCUT2D eigenvalue weighted by atomic mass is 32.2. The number of oxime groups is 1. The number of hydrogen-bond donors (Lipinski definition) is 2. The number of nitrogens with one attached hydrogen (secondary N) is 1. The molecule has 0 atom stereocenters. The van der Waals surface area contributed by atoms with Crippen molar-refractivity contribution in [3.8, 4) is 0 Å². The van der Waals surface area contributed by atoms with Crippen LogP contribution in [0.5, 0.6) is 0 Å². The standard InChI is InChI=1S/C26H38N2O3S/c1-3-4-5-6-7-8-9-10-11-12-17-23-18-13-16-21-26(23)32(30,31)28-25-20-15-14-19-24(25)22(2)27-29/h13-16,18-21,28-29H,3-12,17H2,1-2H3. The van der Waals surface area contributed by atoms with Gasteiger partial charge >= 0.3 is 0 Å². The quantitative estimate of drug-likeness (QED) is 0.129. The number of anilines is 1. The monoisotopic (exact) mass is 458 g/mol. The maximum atomic E-state index is 13.2. The third-order valence-corrected chi connectivity index (χ3v) is 7.24. The third-order valence-electron chi connectivity index (χ3n) is 5.77. The van der Waals surface area contributed by atoms with Crippen molar-refractivity contribution < 1.29 is 13.6 Å². The molecule has 0 heterocycles. The highest BCUT2D eigenvalue weighted by Crippen LogP contribution is 2.24. The van der Waals surface area contributed by atoms with E-state index in [9.17, 15) is 8.42 Å². The van der Waals surface area contributed by atoms with Gasteiger partial charge in [-0.05, 0) is 37.5 Å². The SMILES string of the molecule is CCCCCCCCCCCCc1ccccc1S(=O)(=O)Nc1ccccc1C(C)=NO. The maximum Gasteiger partial charge on any atom is 0.262 e. The predicted molar refractivity (Wildman–Crippen MR) is 133 cm³/mol. The average molecular weight is 459 g/mol. The molecule has 0 aliphatic rings. The first-order chi connectivity index (χ1) is 15.5. The second-order valence-electron chi connectivity index (χ2n) is 8.38. The minimum absolute atomic E-state index is 0.310. The Balaban J connectivity index is 1.92. The molecule has 2 rings (SSSR count). The molecule has 2 N–H and O–H groups in total. The van der Waals surface area contributed by atoms with Crippen LogP contribution >= 0.6 is 0 Å². The van der Waals surface area contributed by atoms with E-state index in [2.05, 4.69) is 16.8 Å². The van der Waals surface area contributed by atoms with Crippen LogP contribution in [0.15, 0.2) is 58.6 Å². The molecule has 0 saturated carbocycles. The van der Waals surface area contributed by atoms with Crippen LogP contribution in [0.25, 0.3) is 0 Å². The van der Waals surface area contributed by atoms with Gasteiger partial charge < -0.3 is 5.21 Å². The van der Waals surface area contributed by atoms with E-state index in [-0.39, 0.29) is 0 Å². The van der Waals surface area contributed by atoms with Crippen molar-refractivity contribution in [2.75, 3.05) is 4.72 Å². The minimum atomic E-state index is -3.76. The number of unbranched alkanes of at least 4 members (excludes halogenated alkanes) is 9. The van der Waals surface area contributed by atoms with Crippen molar-refractivity contribution in [3.63, 3.8) is 0 Å². The molecular formula is C26H38N2O3S. The summed E-state index contributed by atoms with van der Waals surface area (Å²) in [4.78, 5) is 0.310. The summed E-state index contributed by atoms with van der Waals surface area (Å²) in [6, 6.07) is 14.1. The van der Waals surface area contributed by atoms with Crippen LogP contribution in [-0.2, 0) is 16.4 Å². The Morgan fingerprint density at radius 2 is 1.41 bits per heavy atom. The molecule has 2 aromatic carbocycles. The Hall–Kier alpha value is -2.34. The highest BCUT2D eigenvalue weighted by Gasteiger charge is 2.20. The van der Waals surface area contributed by atoms with Crippen LogP contribution in [0.4, 0.5) is 5.69 Å². The second-order valence-corrected chi connectivity index (χ2v) is 10.0. The Labute approximate surface area is 194 Å².